The lowest BCUT2D eigenvalue weighted by Gasteiger charge is -2.25. The molecule has 172 valence electrons. The second kappa shape index (κ2) is 8.67. The molecule has 2 aromatic carbocycles. The van der Waals surface area contributed by atoms with Crippen LogP contribution in [0, 0.1) is 0 Å². The first-order valence-electron chi connectivity index (χ1n) is 11.1. The molecule has 3 heterocycles. The monoisotopic (exact) mass is 456 g/mol. The Balaban J connectivity index is 1.63. The van der Waals surface area contributed by atoms with Gasteiger partial charge in [0.25, 0.3) is 11.7 Å². The molecule has 2 aliphatic rings. The molecule has 1 amide bonds. The van der Waals surface area contributed by atoms with Gasteiger partial charge >= 0.3 is 0 Å². The number of ether oxygens (including phenoxy) is 2. The van der Waals surface area contributed by atoms with Gasteiger partial charge in [0.15, 0.2) is 11.5 Å². The predicted molar refractivity (Wildman–Crippen MR) is 125 cm³/mol. The number of rotatable bonds is 5. The van der Waals surface area contributed by atoms with Gasteiger partial charge in [-0.05, 0) is 46.9 Å². The first-order valence-corrected chi connectivity index (χ1v) is 11.1. The summed E-state index contributed by atoms with van der Waals surface area (Å²) in [6.07, 6.45) is 3.31. The summed E-state index contributed by atoms with van der Waals surface area (Å²) in [6, 6.07) is 15.6. The topological polar surface area (TPSA) is 89.0 Å². The normalized spacial score (nSPS) is 18.7. The predicted octanol–water partition coefficient (Wildman–Crippen LogP) is 4.56. The lowest BCUT2D eigenvalue weighted by molar-refractivity contribution is -0.140. The maximum absolute atomic E-state index is 13.2. The van der Waals surface area contributed by atoms with Gasteiger partial charge in [-0.1, -0.05) is 44.2 Å². The number of aliphatic hydroxyl groups is 1. The SMILES string of the molecule is CC(C)c1ccc(C2C(=C(O)c3ccc4c(c3)OCO4)C(=O)C(=O)N2Cc2cccnc2)cc1. The summed E-state index contributed by atoms with van der Waals surface area (Å²) < 4.78 is 10.8. The van der Waals surface area contributed by atoms with Gasteiger partial charge in [0.2, 0.25) is 6.79 Å². The van der Waals surface area contributed by atoms with E-state index in [1.807, 2.05) is 30.3 Å². The number of fused-ring (bicyclic) bond motifs is 1. The number of Topliss-reactive ketones (excluding diaryl/α,β-unsaturated/α-hetero) is 1. The van der Waals surface area contributed by atoms with Crippen LogP contribution < -0.4 is 9.47 Å². The smallest absolute Gasteiger partial charge is 0.295 e. The maximum Gasteiger partial charge on any atom is 0.295 e. The third-order valence-corrected chi connectivity index (χ3v) is 6.18. The summed E-state index contributed by atoms with van der Waals surface area (Å²) in [5, 5.41) is 11.3. The molecule has 0 radical (unpaired) electrons. The Kier molecular flexibility index (Phi) is 5.53. The number of aliphatic hydroxyl groups excluding tert-OH is 1. The number of likely N-dealkylation sites (tertiary alicyclic amines) is 1. The lowest BCUT2D eigenvalue weighted by atomic mass is 9.93. The molecule has 1 aromatic heterocycles. The zero-order chi connectivity index (χ0) is 23.8. The number of ketones is 1. The summed E-state index contributed by atoms with van der Waals surface area (Å²) in [4.78, 5) is 32.0. The van der Waals surface area contributed by atoms with E-state index in [1.165, 1.54) is 4.90 Å². The molecule has 1 saturated heterocycles. The average Bonchev–Trinajstić information content (AvgIpc) is 3.42. The molecule has 1 fully saturated rings. The number of amides is 1. The van der Waals surface area contributed by atoms with Crippen LogP contribution in [0.25, 0.3) is 5.76 Å². The molecule has 3 aromatic rings. The van der Waals surface area contributed by atoms with Crippen molar-refractivity contribution in [2.24, 2.45) is 0 Å². The molecule has 34 heavy (non-hydrogen) atoms. The highest BCUT2D eigenvalue weighted by molar-refractivity contribution is 6.46. The second-order valence-corrected chi connectivity index (χ2v) is 8.68. The Morgan fingerprint density at radius 2 is 1.85 bits per heavy atom. The second-order valence-electron chi connectivity index (χ2n) is 8.68. The van der Waals surface area contributed by atoms with E-state index in [9.17, 15) is 14.7 Å². The molecule has 0 spiro atoms. The molecule has 0 saturated carbocycles. The summed E-state index contributed by atoms with van der Waals surface area (Å²) in [7, 11) is 0. The number of carbonyl (C=O) groups is 2. The first kappa shape index (κ1) is 21.7. The number of aromatic nitrogens is 1. The van der Waals surface area contributed by atoms with Gasteiger partial charge in [-0.25, -0.2) is 0 Å². The number of pyridine rings is 1. The molecular weight excluding hydrogens is 432 g/mol. The summed E-state index contributed by atoms with van der Waals surface area (Å²) in [6.45, 7) is 4.48. The molecule has 0 aliphatic carbocycles. The van der Waals surface area contributed by atoms with Gasteiger partial charge in [-0.3, -0.25) is 14.6 Å². The maximum atomic E-state index is 13.2. The van der Waals surface area contributed by atoms with E-state index in [1.54, 1.807) is 36.7 Å². The van der Waals surface area contributed by atoms with E-state index >= 15 is 0 Å². The largest absolute Gasteiger partial charge is 0.507 e. The van der Waals surface area contributed by atoms with Gasteiger partial charge in [0.05, 0.1) is 11.6 Å². The number of benzene rings is 2. The Hall–Kier alpha value is -4.13. The number of nitrogens with zero attached hydrogens (tertiary/aromatic N) is 2. The number of hydrogen-bond donors (Lipinski definition) is 1. The molecule has 2 aliphatic heterocycles. The van der Waals surface area contributed by atoms with Crippen molar-refractivity contribution in [3.8, 4) is 11.5 Å². The van der Waals surface area contributed by atoms with Crippen LogP contribution in [-0.2, 0) is 16.1 Å². The fourth-order valence-electron chi connectivity index (χ4n) is 4.34. The van der Waals surface area contributed by atoms with Crippen LogP contribution in [0.1, 0.15) is 48.1 Å². The molecule has 1 atom stereocenters. The summed E-state index contributed by atoms with van der Waals surface area (Å²) in [5.41, 5.74) is 3.10. The van der Waals surface area contributed by atoms with E-state index in [0.717, 1.165) is 16.7 Å². The van der Waals surface area contributed by atoms with Crippen molar-refractivity contribution in [1.29, 1.82) is 0 Å². The van der Waals surface area contributed by atoms with Crippen LogP contribution in [0.3, 0.4) is 0 Å². The highest BCUT2D eigenvalue weighted by Crippen LogP contribution is 2.42. The van der Waals surface area contributed by atoms with Crippen LogP contribution in [0.15, 0.2) is 72.6 Å². The molecule has 1 N–H and O–H groups in total. The Morgan fingerprint density at radius 1 is 1.09 bits per heavy atom. The molecule has 0 bridgehead atoms. The third kappa shape index (κ3) is 3.79. The number of hydrogen-bond acceptors (Lipinski definition) is 6. The molecule has 7 nitrogen and oxygen atoms in total. The van der Waals surface area contributed by atoms with E-state index in [4.69, 9.17) is 9.47 Å². The fourth-order valence-corrected chi connectivity index (χ4v) is 4.34. The minimum Gasteiger partial charge on any atom is -0.507 e. The fraction of sp³-hybridized carbons (Fsp3) is 0.222. The minimum atomic E-state index is -0.744. The van der Waals surface area contributed by atoms with Gasteiger partial charge in [-0.2, -0.15) is 0 Å². The first-order chi connectivity index (χ1) is 16.4. The van der Waals surface area contributed by atoms with Crippen molar-refractivity contribution in [3.05, 3.63) is 94.8 Å². The Morgan fingerprint density at radius 3 is 2.56 bits per heavy atom. The molecule has 5 rings (SSSR count). The zero-order valence-corrected chi connectivity index (χ0v) is 18.9. The van der Waals surface area contributed by atoms with E-state index < -0.39 is 17.7 Å². The van der Waals surface area contributed by atoms with Gasteiger partial charge in [0, 0.05) is 24.5 Å². The standard InChI is InChI=1S/C27H24N2O5/c1-16(2)18-5-7-19(8-6-18)24-23(25(30)20-9-10-21-22(12-20)34-15-33-21)26(31)27(32)29(24)14-17-4-3-11-28-13-17/h3-13,16,24,30H,14-15H2,1-2H3. The van der Waals surface area contributed by atoms with Gasteiger partial charge in [-0.15, -0.1) is 0 Å². The van der Waals surface area contributed by atoms with Gasteiger partial charge in [0.1, 0.15) is 5.76 Å². The highest BCUT2D eigenvalue weighted by Gasteiger charge is 2.46. The van der Waals surface area contributed by atoms with Crippen molar-refractivity contribution >= 4 is 17.4 Å². The van der Waals surface area contributed by atoms with Crippen molar-refractivity contribution in [2.45, 2.75) is 32.4 Å². The summed E-state index contributed by atoms with van der Waals surface area (Å²) in [5.74, 6) is -0.255. The Labute approximate surface area is 197 Å². The van der Waals surface area contributed by atoms with E-state index in [-0.39, 0.29) is 24.7 Å². The van der Waals surface area contributed by atoms with Crippen LogP contribution >= 0.6 is 0 Å². The van der Waals surface area contributed by atoms with Crippen molar-refractivity contribution in [2.75, 3.05) is 6.79 Å². The number of carbonyl (C=O) groups excluding carboxylic acids is 2. The zero-order valence-electron chi connectivity index (χ0n) is 18.9. The average molecular weight is 456 g/mol. The van der Waals surface area contributed by atoms with Crippen molar-refractivity contribution in [1.82, 2.24) is 9.88 Å². The minimum absolute atomic E-state index is 0.0463. The molecule has 1 unspecified atom stereocenters. The van der Waals surface area contributed by atoms with Crippen LogP contribution in [0.2, 0.25) is 0 Å². The van der Waals surface area contributed by atoms with Crippen LogP contribution in [0.4, 0.5) is 0 Å². The molecular formula is C27H24N2O5. The van der Waals surface area contributed by atoms with Crippen LogP contribution in [-0.4, -0.2) is 33.5 Å². The van der Waals surface area contributed by atoms with E-state index in [0.29, 0.717) is 23.0 Å². The van der Waals surface area contributed by atoms with E-state index in [2.05, 4.69) is 18.8 Å². The van der Waals surface area contributed by atoms with Crippen molar-refractivity contribution in [3.63, 3.8) is 0 Å². The molecule has 7 heteroatoms. The Bertz CT molecular complexity index is 1280. The lowest BCUT2D eigenvalue weighted by Crippen LogP contribution is -2.29. The highest BCUT2D eigenvalue weighted by atomic mass is 16.7. The third-order valence-electron chi connectivity index (χ3n) is 6.18. The van der Waals surface area contributed by atoms with Crippen LogP contribution in [0.5, 0.6) is 11.5 Å². The quantitative estimate of drug-likeness (QED) is 0.344. The summed E-state index contributed by atoms with van der Waals surface area (Å²) >= 11 is 0. The van der Waals surface area contributed by atoms with Gasteiger partial charge < -0.3 is 19.5 Å². The van der Waals surface area contributed by atoms with Crippen molar-refractivity contribution < 1.29 is 24.2 Å².